The summed E-state index contributed by atoms with van der Waals surface area (Å²) in [6.07, 6.45) is 3.80. The van der Waals surface area contributed by atoms with Gasteiger partial charge in [-0.25, -0.2) is 9.37 Å². The molecule has 1 aromatic carbocycles. The fourth-order valence-electron chi connectivity index (χ4n) is 2.19. The average molecular weight is 348 g/mol. The molecule has 0 bridgehead atoms. The molecule has 24 heavy (non-hydrogen) atoms. The highest BCUT2D eigenvalue weighted by atomic mass is 35.5. The average Bonchev–Trinajstić information content (AvgIpc) is 3.36. The highest BCUT2D eigenvalue weighted by Crippen LogP contribution is 2.32. The third-order valence-corrected chi connectivity index (χ3v) is 3.97. The van der Waals surface area contributed by atoms with E-state index in [0.717, 1.165) is 12.8 Å². The van der Waals surface area contributed by atoms with Gasteiger partial charge in [-0.05, 0) is 49.1 Å². The van der Waals surface area contributed by atoms with E-state index < -0.39 is 17.5 Å². The van der Waals surface area contributed by atoms with E-state index in [9.17, 15) is 14.0 Å². The van der Waals surface area contributed by atoms with Crippen LogP contribution in [0.1, 0.15) is 19.3 Å². The minimum absolute atomic E-state index is 0.0146. The maximum absolute atomic E-state index is 13.5. The summed E-state index contributed by atoms with van der Waals surface area (Å²) in [6, 6.07) is 7.48. The monoisotopic (exact) mass is 347 g/mol. The van der Waals surface area contributed by atoms with Gasteiger partial charge in [0.1, 0.15) is 5.82 Å². The van der Waals surface area contributed by atoms with Crippen LogP contribution in [-0.2, 0) is 9.59 Å². The number of hydrogen-bond donors (Lipinski definition) is 2. The van der Waals surface area contributed by atoms with Gasteiger partial charge in [0.15, 0.2) is 5.82 Å². The summed E-state index contributed by atoms with van der Waals surface area (Å²) >= 11 is 5.65. The number of amides is 1. The highest BCUT2D eigenvalue weighted by molar-refractivity contribution is 6.40. The second-order valence-corrected chi connectivity index (χ2v) is 6.09. The van der Waals surface area contributed by atoms with Crippen molar-refractivity contribution >= 4 is 40.5 Å². The van der Waals surface area contributed by atoms with Crippen molar-refractivity contribution in [2.75, 3.05) is 10.6 Å². The molecule has 3 rings (SSSR count). The van der Waals surface area contributed by atoms with Gasteiger partial charge in [0.25, 0.3) is 5.91 Å². The van der Waals surface area contributed by atoms with Crippen LogP contribution in [0.25, 0.3) is 0 Å². The molecule has 1 heterocycles. The van der Waals surface area contributed by atoms with E-state index in [-0.39, 0.29) is 11.4 Å². The number of nitrogens with one attached hydrogen (secondary N) is 2. The predicted octanol–water partition coefficient (Wildman–Crippen LogP) is 3.93. The van der Waals surface area contributed by atoms with Gasteiger partial charge in [0.05, 0.1) is 10.7 Å². The standard InChI is InChI=1S/C17H15ClFN3O2/c18-12-6-5-11(9-13(12)19)21-16-14(2-1-7-20-16)22-17(24)15(23)8-10-3-4-10/h1-2,5-7,9-10H,3-4,8H2,(H,20,21)(H,22,24). The highest BCUT2D eigenvalue weighted by Gasteiger charge is 2.27. The molecule has 1 aliphatic carbocycles. The molecule has 1 amide bonds. The molecule has 2 N–H and O–H groups in total. The van der Waals surface area contributed by atoms with E-state index in [2.05, 4.69) is 15.6 Å². The molecular formula is C17H15ClFN3O2. The van der Waals surface area contributed by atoms with Gasteiger partial charge in [0.2, 0.25) is 5.78 Å². The second kappa shape index (κ2) is 6.97. The number of carbonyl (C=O) groups excluding carboxylic acids is 2. The maximum Gasteiger partial charge on any atom is 0.291 e. The SMILES string of the molecule is O=C(CC1CC1)C(=O)Nc1cccnc1Nc1ccc(Cl)c(F)c1. The van der Waals surface area contributed by atoms with Crippen molar-refractivity contribution in [2.45, 2.75) is 19.3 Å². The minimum Gasteiger partial charge on any atom is -0.338 e. The molecule has 124 valence electrons. The second-order valence-electron chi connectivity index (χ2n) is 5.68. The van der Waals surface area contributed by atoms with Gasteiger partial charge in [-0.1, -0.05) is 11.6 Å². The van der Waals surface area contributed by atoms with Crippen molar-refractivity contribution in [3.63, 3.8) is 0 Å². The summed E-state index contributed by atoms with van der Waals surface area (Å²) in [4.78, 5) is 27.9. The Balaban J connectivity index is 1.73. The topological polar surface area (TPSA) is 71.1 Å². The molecule has 0 unspecified atom stereocenters. The number of carbonyl (C=O) groups is 2. The number of hydrogen-bond acceptors (Lipinski definition) is 4. The molecule has 5 nitrogen and oxygen atoms in total. The zero-order chi connectivity index (χ0) is 17.1. The number of anilines is 3. The predicted molar refractivity (Wildman–Crippen MR) is 89.9 cm³/mol. The first-order valence-electron chi connectivity index (χ1n) is 7.54. The molecule has 1 aliphatic rings. The first kappa shape index (κ1) is 16.4. The van der Waals surface area contributed by atoms with Crippen LogP contribution in [0.2, 0.25) is 5.02 Å². The Hall–Kier alpha value is -2.47. The summed E-state index contributed by atoms with van der Waals surface area (Å²) in [5.41, 5.74) is 0.775. The smallest absolute Gasteiger partial charge is 0.291 e. The molecule has 1 aromatic heterocycles. The number of rotatable bonds is 6. The Bertz CT molecular complexity index is 793. The third-order valence-electron chi connectivity index (χ3n) is 3.66. The first-order chi connectivity index (χ1) is 11.5. The normalized spacial score (nSPS) is 13.4. The molecule has 0 radical (unpaired) electrons. The van der Waals surface area contributed by atoms with E-state index in [1.54, 1.807) is 18.2 Å². The number of Topliss-reactive ketones (excluding diaryl/α,β-unsaturated/α-hetero) is 1. The van der Waals surface area contributed by atoms with Crippen LogP contribution < -0.4 is 10.6 Å². The van der Waals surface area contributed by atoms with Crippen molar-refractivity contribution in [2.24, 2.45) is 5.92 Å². The molecular weight excluding hydrogens is 333 g/mol. The van der Waals surface area contributed by atoms with Gasteiger partial charge in [-0.15, -0.1) is 0 Å². The van der Waals surface area contributed by atoms with Crippen molar-refractivity contribution in [3.8, 4) is 0 Å². The van der Waals surface area contributed by atoms with E-state index in [0.29, 0.717) is 23.1 Å². The molecule has 2 aromatic rings. The van der Waals surface area contributed by atoms with Crippen molar-refractivity contribution in [1.82, 2.24) is 4.98 Å². The number of halogens is 2. The van der Waals surface area contributed by atoms with Crippen LogP contribution in [0, 0.1) is 11.7 Å². The lowest BCUT2D eigenvalue weighted by Crippen LogP contribution is -2.23. The zero-order valence-corrected chi connectivity index (χ0v) is 13.4. The minimum atomic E-state index is -0.666. The van der Waals surface area contributed by atoms with Gasteiger partial charge in [-0.3, -0.25) is 9.59 Å². The van der Waals surface area contributed by atoms with Crippen molar-refractivity contribution in [3.05, 3.63) is 47.4 Å². The first-order valence-corrected chi connectivity index (χ1v) is 7.92. The van der Waals surface area contributed by atoms with Gasteiger partial charge < -0.3 is 10.6 Å². The van der Waals surface area contributed by atoms with Crippen LogP contribution in [-0.4, -0.2) is 16.7 Å². The summed E-state index contributed by atoms with van der Waals surface area (Å²) in [7, 11) is 0. The largest absolute Gasteiger partial charge is 0.338 e. The van der Waals surface area contributed by atoms with E-state index in [1.165, 1.54) is 18.3 Å². The number of ketones is 1. The lowest BCUT2D eigenvalue weighted by atomic mass is 10.2. The van der Waals surface area contributed by atoms with Gasteiger partial charge in [-0.2, -0.15) is 0 Å². The molecule has 1 fully saturated rings. The molecule has 1 saturated carbocycles. The Kier molecular flexibility index (Phi) is 4.76. The summed E-state index contributed by atoms with van der Waals surface area (Å²) in [5.74, 6) is -1.02. The van der Waals surface area contributed by atoms with E-state index >= 15 is 0 Å². The Morgan fingerprint density at radius 3 is 2.79 bits per heavy atom. The summed E-state index contributed by atoms with van der Waals surface area (Å²) in [5, 5.41) is 5.47. The Morgan fingerprint density at radius 2 is 2.08 bits per heavy atom. The van der Waals surface area contributed by atoms with Gasteiger partial charge >= 0.3 is 0 Å². The van der Waals surface area contributed by atoms with Crippen LogP contribution >= 0.6 is 11.6 Å². The molecule has 7 heteroatoms. The Labute approximate surface area is 143 Å². The summed E-state index contributed by atoms with van der Waals surface area (Å²) < 4.78 is 13.5. The quantitative estimate of drug-likeness (QED) is 0.777. The lowest BCUT2D eigenvalue weighted by Gasteiger charge is -2.12. The van der Waals surface area contributed by atoms with Crippen LogP contribution in [0.4, 0.5) is 21.6 Å². The van der Waals surface area contributed by atoms with Crippen LogP contribution in [0.5, 0.6) is 0 Å². The van der Waals surface area contributed by atoms with Crippen LogP contribution in [0.3, 0.4) is 0 Å². The third kappa shape index (κ3) is 4.08. The zero-order valence-electron chi connectivity index (χ0n) is 12.7. The molecule has 0 atom stereocenters. The van der Waals surface area contributed by atoms with E-state index in [1.807, 2.05) is 0 Å². The van der Waals surface area contributed by atoms with Gasteiger partial charge in [0, 0.05) is 18.3 Å². The molecule has 0 spiro atoms. The van der Waals surface area contributed by atoms with Crippen LogP contribution in [0.15, 0.2) is 36.5 Å². The van der Waals surface area contributed by atoms with Crippen molar-refractivity contribution in [1.29, 1.82) is 0 Å². The Morgan fingerprint density at radius 1 is 1.29 bits per heavy atom. The number of aromatic nitrogens is 1. The maximum atomic E-state index is 13.5. The molecule has 0 saturated heterocycles. The number of benzene rings is 1. The fraction of sp³-hybridized carbons (Fsp3) is 0.235. The van der Waals surface area contributed by atoms with Crippen molar-refractivity contribution < 1.29 is 14.0 Å². The fourth-order valence-corrected chi connectivity index (χ4v) is 2.30. The van der Waals surface area contributed by atoms with E-state index in [4.69, 9.17) is 11.6 Å². The summed E-state index contributed by atoms with van der Waals surface area (Å²) in [6.45, 7) is 0. The lowest BCUT2D eigenvalue weighted by molar-refractivity contribution is -0.135. The molecule has 0 aliphatic heterocycles. The number of nitrogens with zero attached hydrogens (tertiary/aromatic N) is 1. The number of pyridine rings is 1.